The lowest BCUT2D eigenvalue weighted by molar-refractivity contribution is 0.269. The number of ether oxygens (including phenoxy) is 2. The maximum Gasteiger partial charge on any atom is 0.282 e. The molecule has 198 valence electrons. The fraction of sp³-hybridized carbons (Fsp3) is 0.0938. The lowest BCUT2D eigenvalue weighted by atomic mass is 10.2. The summed E-state index contributed by atoms with van der Waals surface area (Å²) >= 11 is 6.64. The van der Waals surface area contributed by atoms with Gasteiger partial charge in [0.1, 0.15) is 12.2 Å². The highest BCUT2D eigenvalue weighted by Crippen LogP contribution is 2.37. The molecule has 6 aromatic rings. The van der Waals surface area contributed by atoms with E-state index >= 15 is 0 Å². The minimum atomic E-state index is -0.323. The molecule has 0 aliphatic rings. The highest BCUT2D eigenvalue weighted by atomic mass is 35.5. The number of hydrogen-bond donors (Lipinski definition) is 0. The second kappa shape index (κ2) is 11.1. The molecule has 2 heterocycles. The van der Waals surface area contributed by atoms with Crippen molar-refractivity contribution in [2.24, 2.45) is 5.10 Å². The Bertz CT molecular complexity index is 1880. The van der Waals surface area contributed by atoms with Crippen LogP contribution in [0.25, 0.3) is 33.5 Å². The number of aromatic nitrogens is 2. The lowest BCUT2D eigenvalue weighted by Crippen LogP contribution is -2.20. The molecule has 0 saturated carbocycles. The van der Waals surface area contributed by atoms with Crippen molar-refractivity contribution in [2.45, 2.75) is 13.5 Å². The number of benzene rings is 4. The minimum absolute atomic E-state index is 0.287. The summed E-state index contributed by atoms with van der Waals surface area (Å²) in [6, 6.07) is 29.9. The molecule has 0 bridgehead atoms. The molecule has 0 aliphatic carbocycles. The Morgan fingerprint density at radius 2 is 1.73 bits per heavy atom. The average molecular weight is 550 g/mol. The molecular formula is C32H24ClN3O4. The van der Waals surface area contributed by atoms with Crippen LogP contribution >= 0.6 is 11.6 Å². The number of furan rings is 1. The highest BCUT2D eigenvalue weighted by Gasteiger charge is 2.17. The van der Waals surface area contributed by atoms with Crippen molar-refractivity contribution in [3.63, 3.8) is 0 Å². The first-order valence-electron chi connectivity index (χ1n) is 12.8. The van der Waals surface area contributed by atoms with Crippen LogP contribution in [0.3, 0.4) is 0 Å². The van der Waals surface area contributed by atoms with Crippen molar-refractivity contribution in [3.05, 3.63) is 124 Å². The van der Waals surface area contributed by atoms with E-state index in [2.05, 4.69) is 5.10 Å². The van der Waals surface area contributed by atoms with E-state index in [4.69, 9.17) is 30.5 Å². The fourth-order valence-electron chi connectivity index (χ4n) is 4.40. The van der Waals surface area contributed by atoms with E-state index in [-0.39, 0.29) is 11.4 Å². The first-order chi connectivity index (χ1) is 19.6. The van der Waals surface area contributed by atoms with Gasteiger partial charge in [-0.15, -0.1) is 0 Å². The summed E-state index contributed by atoms with van der Waals surface area (Å²) in [6.45, 7) is 2.64. The molecule has 0 fully saturated rings. The molecule has 0 saturated heterocycles. The molecule has 0 N–H and O–H groups in total. The van der Waals surface area contributed by atoms with Crippen molar-refractivity contribution in [1.29, 1.82) is 0 Å². The third-order valence-corrected chi connectivity index (χ3v) is 6.56. The van der Waals surface area contributed by atoms with Crippen LogP contribution in [0.15, 0.2) is 111 Å². The van der Waals surface area contributed by atoms with E-state index in [0.29, 0.717) is 57.5 Å². The van der Waals surface area contributed by atoms with Gasteiger partial charge in [0.05, 0.1) is 28.7 Å². The molecule has 0 radical (unpaired) electrons. The van der Waals surface area contributed by atoms with Gasteiger partial charge in [0.15, 0.2) is 17.3 Å². The summed E-state index contributed by atoms with van der Waals surface area (Å²) in [5, 5.41) is 6.25. The van der Waals surface area contributed by atoms with Crippen LogP contribution in [0.4, 0.5) is 0 Å². The van der Waals surface area contributed by atoms with Crippen LogP contribution < -0.4 is 15.0 Å². The van der Waals surface area contributed by atoms with Gasteiger partial charge in [-0.25, -0.2) is 4.98 Å². The van der Waals surface area contributed by atoms with Crippen LogP contribution in [0.5, 0.6) is 11.5 Å². The summed E-state index contributed by atoms with van der Waals surface area (Å²) in [5.74, 6) is 1.64. The smallest absolute Gasteiger partial charge is 0.282 e. The van der Waals surface area contributed by atoms with Gasteiger partial charge in [-0.3, -0.25) is 4.79 Å². The molecule has 8 heteroatoms. The first kappa shape index (κ1) is 25.4. The lowest BCUT2D eigenvalue weighted by Gasteiger charge is -2.14. The molecule has 6 rings (SSSR count). The molecule has 0 spiro atoms. The summed E-state index contributed by atoms with van der Waals surface area (Å²) in [6.07, 6.45) is 1.54. The van der Waals surface area contributed by atoms with Crippen LogP contribution in [-0.4, -0.2) is 22.5 Å². The van der Waals surface area contributed by atoms with Crippen LogP contribution in [0, 0.1) is 0 Å². The van der Waals surface area contributed by atoms with E-state index < -0.39 is 0 Å². The molecule has 0 unspecified atom stereocenters. The summed E-state index contributed by atoms with van der Waals surface area (Å²) in [5.41, 5.74) is 2.55. The summed E-state index contributed by atoms with van der Waals surface area (Å²) in [4.78, 5) is 18.3. The number of para-hydroxylation sites is 2. The van der Waals surface area contributed by atoms with E-state index in [9.17, 15) is 4.79 Å². The fourth-order valence-corrected chi connectivity index (χ4v) is 4.68. The second-order valence-electron chi connectivity index (χ2n) is 9.00. The maximum absolute atomic E-state index is 13.6. The van der Waals surface area contributed by atoms with Gasteiger partial charge in [-0.1, -0.05) is 72.3 Å². The average Bonchev–Trinajstić information content (AvgIpc) is 3.41. The number of hydrogen-bond acceptors (Lipinski definition) is 6. The molecule has 2 aromatic heterocycles. The monoisotopic (exact) mass is 549 g/mol. The molecular weight excluding hydrogens is 526 g/mol. The summed E-state index contributed by atoms with van der Waals surface area (Å²) < 4.78 is 19.1. The first-order valence-corrected chi connectivity index (χ1v) is 13.2. The Morgan fingerprint density at radius 3 is 2.55 bits per heavy atom. The van der Waals surface area contributed by atoms with Crippen molar-refractivity contribution in [2.75, 3.05) is 6.61 Å². The van der Waals surface area contributed by atoms with Gasteiger partial charge in [0, 0.05) is 5.39 Å². The number of fused-ring (bicyclic) bond motifs is 2. The minimum Gasteiger partial charge on any atom is -0.490 e. The van der Waals surface area contributed by atoms with Gasteiger partial charge in [-0.05, 0) is 54.4 Å². The third-order valence-electron chi connectivity index (χ3n) is 6.28. The van der Waals surface area contributed by atoms with Gasteiger partial charge in [0.25, 0.3) is 5.56 Å². The van der Waals surface area contributed by atoms with Crippen LogP contribution in [-0.2, 0) is 6.61 Å². The Hall–Kier alpha value is -4.88. The van der Waals surface area contributed by atoms with Gasteiger partial charge >= 0.3 is 0 Å². The van der Waals surface area contributed by atoms with Crippen molar-refractivity contribution >= 4 is 39.7 Å². The second-order valence-corrected chi connectivity index (χ2v) is 9.41. The molecule has 0 amide bonds. The molecule has 0 aliphatic heterocycles. The predicted molar refractivity (Wildman–Crippen MR) is 158 cm³/mol. The van der Waals surface area contributed by atoms with Crippen LogP contribution in [0.1, 0.15) is 18.1 Å². The number of rotatable bonds is 8. The van der Waals surface area contributed by atoms with Crippen molar-refractivity contribution in [3.8, 4) is 23.1 Å². The van der Waals surface area contributed by atoms with Gasteiger partial charge in [-0.2, -0.15) is 9.78 Å². The quantitative estimate of drug-likeness (QED) is 0.186. The summed E-state index contributed by atoms with van der Waals surface area (Å²) in [7, 11) is 0. The standard InChI is InChI=1S/C32H24ClN3O4/c1-2-38-28-17-22(16-25(33)30(28)39-20-21-10-4-3-5-11-21)19-34-36-31(29-18-23-12-6-9-15-27(23)40-29)35-26-14-8-7-13-24(26)32(36)37/h3-19H,2,20H2,1H3. The Morgan fingerprint density at radius 1 is 0.950 bits per heavy atom. The normalized spacial score (nSPS) is 11.4. The SMILES string of the molecule is CCOc1cc(C=Nn2c(-c3cc4ccccc4o3)nc3ccccc3c2=O)cc(Cl)c1OCc1ccccc1. The van der Waals surface area contributed by atoms with Crippen molar-refractivity contribution < 1.29 is 13.9 Å². The van der Waals surface area contributed by atoms with E-state index in [1.807, 2.05) is 73.7 Å². The highest BCUT2D eigenvalue weighted by molar-refractivity contribution is 6.32. The van der Waals surface area contributed by atoms with E-state index in [1.54, 1.807) is 36.5 Å². The van der Waals surface area contributed by atoms with E-state index in [1.165, 1.54) is 4.68 Å². The van der Waals surface area contributed by atoms with E-state index in [0.717, 1.165) is 10.9 Å². The zero-order valence-corrected chi connectivity index (χ0v) is 22.3. The van der Waals surface area contributed by atoms with Gasteiger partial charge < -0.3 is 13.9 Å². The molecule has 4 aromatic carbocycles. The topological polar surface area (TPSA) is 78.9 Å². The van der Waals surface area contributed by atoms with Crippen LogP contribution in [0.2, 0.25) is 5.02 Å². The zero-order valence-electron chi connectivity index (χ0n) is 21.6. The van der Waals surface area contributed by atoms with Crippen molar-refractivity contribution in [1.82, 2.24) is 9.66 Å². The Labute approximate surface area is 234 Å². The Kier molecular flexibility index (Phi) is 7.04. The maximum atomic E-state index is 13.6. The number of halogens is 1. The molecule has 40 heavy (non-hydrogen) atoms. The zero-order chi connectivity index (χ0) is 27.5. The number of nitrogens with zero attached hydrogens (tertiary/aromatic N) is 3. The molecule has 0 atom stereocenters. The largest absolute Gasteiger partial charge is 0.490 e. The molecule has 7 nitrogen and oxygen atoms in total. The third kappa shape index (κ3) is 5.07. The predicted octanol–water partition coefficient (Wildman–Crippen LogP) is 7.32. The Balaban J connectivity index is 1.41. The van der Waals surface area contributed by atoms with Gasteiger partial charge in [0.2, 0.25) is 5.82 Å².